The first kappa shape index (κ1) is 14.8. The van der Waals surface area contributed by atoms with Crippen LogP contribution in [0.15, 0.2) is 24.3 Å². The smallest absolute Gasteiger partial charge is 0.0652 e. The fraction of sp³-hybridized carbons (Fsp3) is 0.625. The lowest BCUT2D eigenvalue weighted by Crippen LogP contribution is -2.62. The van der Waals surface area contributed by atoms with Gasteiger partial charge in [0, 0.05) is 29.6 Å². The summed E-state index contributed by atoms with van der Waals surface area (Å²) in [6, 6.07) is 9.12. The van der Waals surface area contributed by atoms with Crippen molar-refractivity contribution in [3.05, 3.63) is 34.9 Å². The normalized spacial score (nSPS) is 26.8. The summed E-state index contributed by atoms with van der Waals surface area (Å²) in [4.78, 5) is 0. The third-order valence-electron chi connectivity index (χ3n) is 4.40. The molecular weight excluding hydrogens is 258 g/mol. The predicted octanol–water partition coefficient (Wildman–Crippen LogP) is 3.67. The monoisotopic (exact) mass is 281 g/mol. The SMILES string of the molecule is COC1CC(NC(C)Cc2ccc(Cl)cc2)C1(C)C. The lowest BCUT2D eigenvalue weighted by Gasteiger charge is -2.52. The molecule has 0 bridgehead atoms. The highest BCUT2D eigenvalue weighted by Crippen LogP contribution is 2.42. The maximum Gasteiger partial charge on any atom is 0.0652 e. The van der Waals surface area contributed by atoms with Crippen LogP contribution < -0.4 is 5.32 Å². The van der Waals surface area contributed by atoms with Crippen LogP contribution in [0.3, 0.4) is 0 Å². The number of nitrogens with one attached hydrogen (secondary N) is 1. The van der Waals surface area contributed by atoms with E-state index in [1.54, 1.807) is 7.11 Å². The Balaban J connectivity index is 1.85. The standard InChI is InChI=1S/C16H24ClNO/c1-11(9-12-5-7-13(17)8-6-12)18-14-10-15(19-4)16(14,2)3/h5-8,11,14-15,18H,9-10H2,1-4H3. The fourth-order valence-corrected chi connectivity index (χ4v) is 3.07. The van der Waals surface area contributed by atoms with Crippen molar-refractivity contribution in [1.29, 1.82) is 0 Å². The summed E-state index contributed by atoms with van der Waals surface area (Å²) in [6.07, 6.45) is 2.52. The van der Waals surface area contributed by atoms with Crippen molar-refractivity contribution in [1.82, 2.24) is 5.32 Å². The molecule has 3 atom stereocenters. The highest BCUT2D eigenvalue weighted by molar-refractivity contribution is 6.30. The molecule has 19 heavy (non-hydrogen) atoms. The zero-order chi connectivity index (χ0) is 14.0. The second kappa shape index (κ2) is 5.82. The molecule has 0 aliphatic heterocycles. The van der Waals surface area contributed by atoms with Crippen molar-refractivity contribution in [2.24, 2.45) is 5.41 Å². The Morgan fingerprint density at radius 2 is 2.00 bits per heavy atom. The van der Waals surface area contributed by atoms with E-state index < -0.39 is 0 Å². The molecule has 0 radical (unpaired) electrons. The number of hydrogen-bond acceptors (Lipinski definition) is 2. The largest absolute Gasteiger partial charge is 0.381 e. The van der Waals surface area contributed by atoms with Gasteiger partial charge in [0.2, 0.25) is 0 Å². The molecule has 0 amide bonds. The summed E-state index contributed by atoms with van der Waals surface area (Å²) in [6.45, 7) is 6.79. The van der Waals surface area contributed by atoms with Crippen LogP contribution in [0, 0.1) is 5.41 Å². The summed E-state index contributed by atoms with van der Waals surface area (Å²) in [5.41, 5.74) is 1.55. The lowest BCUT2D eigenvalue weighted by atomic mass is 9.64. The number of benzene rings is 1. The van der Waals surface area contributed by atoms with Gasteiger partial charge in [-0.25, -0.2) is 0 Å². The van der Waals surface area contributed by atoms with Crippen molar-refractivity contribution in [3.63, 3.8) is 0 Å². The number of hydrogen-bond donors (Lipinski definition) is 1. The molecule has 1 aliphatic carbocycles. The van der Waals surface area contributed by atoms with Gasteiger partial charge in [-0.1, -0.05) is 37.6 Å². The Labute approximate surface area is 121 Å². The fourth-order valence-electron chi connectivity index (χ4n) is 2.94. The molecule has 2 rings (SSSR count). The quantitative estimate of drug-likeness (QED) is 0.889. The minimum atomic E-state index is 0.225. The average molecular weight is 282 g/mol. The minimum absolute atomic E-state index is 0.225. The molecule has 0 saturated heterocycles. The zero-order valence-electron chi connectivity index (χ0n) is 12.2. The van der Waals surface area contributed by atoms with Gasteiger partial charge in [0.1, 0.15) is 0 Å². The molecule has 0 aromatic heterocycles. The van der Waals surface area contributed by atoms with Crippen molar-refractivity contribution in [2.75, 3.05) is 7.11 Å². The highest BCUT2D eigenvalue weighted by Gasteiger charge is 2.48. The van der Waals surface area contributed by atoms with Gasteiger partial charge in [-0.05, 0) is 37.5 Å². The zero-order valence-corrected chi connectivity index (χ0v) is 13.0. The maximum atomic E-state index is 5.90. The molecule has 1 N–H and O–H groups in total. The van der Waals surface area contributed by atoms with E-state index >= 15 is 0 Å². The Morgan fingerprint density at radius 3 is 2.53 bits per heavy atom. The molecule has 1 aromatic rings. The third-order valence-corrected chi connectivity index (χ3v) is 4.66. The van der Waals surface area contributed by atoms with Gasteiger partial charge < -0.3 is 10.1 Å². The second-order valence-electron chi connectivity index (χ2n) is 6.23. The van der Waals surface area contributed by atoms with Gasteiger partial charge in [-0.2, -0.15) is 0 Å². The van der Waals surface area contributed by atoms with Crippen LogP contribution in [0.5, 0.6) is 0 Å². The van der Waals surface area contributed by atoms with Crippen LogP contribution in [0.4, 0.5) is 0 Å². The summed E-state index contributed by atoms with van der Waals surface area (Å²) in [5.74, 6) is 0. The molecule has 1 aromatic carbocycles. The molecule has 1 aliphatic rings. The Kier molecular flexibility index (Phi) is 4.54. The van der Waals surface area contributed by atoms with E-state index in [1.165, 1.54) is 5.56 Å². The van der Waals surface area contributed by atoms with Crippen LogP contribution in [0.25, 0.3) is 0 Å². The summed E-state index contributed by atoms with van der Waals surface area (Å²) >= 11 is 5.90. The Morgan fingerprint density at radius 1 is 1.37 bits per heavy atom. The van der Waals surface area contributed by atoms with E-state index in [0.717, 1.165) is 17.9 Å². The van der Waals surface area contributed by atoms with E-state index in [9.17, 15) is 0 Å². The van der Waals surface area contributed by atoms with Crippen LogP contribution in [-0.4, -0.2) is 25.3 Å². The van der Waals surface area contributed by atoms with Crippen molar-refractivity contribution < 1.29 is 4.74 Å². The Bertz CT molecular complexity index is 415. The van der Waals surface area contributed by atoms with E-state index in [2.05, 4.69) is 38.2 Å². The van der Waals surface area contributed by atoms with Gasteiger partial charge >= 0.3 is 0 Å². The average Bonchev–Trinajstić information content (AvgIpc) is 2.37. The third kappa shape index (κ3) is 3.31. The van der Waals surface area contributed by atoms with Crippen LogP contribution in [0.1, 0.15) is 32.8 Å². The first-order valence-corrected chi connectivity index (χ1v) is 7.34. The van der Waals surface area contributed by atoms with E-state index in [1.807, 2.05) is 12.1 Å². The van der Waals surface area contributed by atoms with Crippen LogP contribution in [0.2, 0.25) is 5.02 Å². The number of ether oxygens (including phenoxy) is 1. The van der Waals surface area contributed by atoms with Crippen LogP contribution in [-0.2, 0) is 11.2 Å². The van der Waals surface area contributed by atoms with Gasteiger partial charge in [0.05, 0.1) is 6.10 Å². The second-order valence-corrected chi connectivity index (χ2v) is 6.67. The molecule has 0 spiro atoms. The van der Waals surface area contributed by atoms with Gasteiger partial charge in [0.15, 0.2) is 0 Å². The van der Waals surface area contributed by atoms with Crippen molar-refractivity contribution in [3.8, 4) is 0 Å². The molecule has 0 heterocycles. The molecule has 3 heteroatoms. The van der Waals surface area contributed by atoms with E-state index in [-0.39, 0.29) is 5.41 Å². The number of halogens is 1. The highest BCUT2D eigenvalue weighted by atomic mass is 35.5. The first-order valence-electron chi connectivity index (χ1n) is 6.96. The Hall–Kier alpha value is -0.570. The van der Waals surface area contributed by atoms with Crippen molar-refractivity contribution >= 4 is 11.6 Å². The summed E-state index contributed by atoms with van der Waals surface area (Å²) < 4.78 is 5.49. The van der Waals surface area contributed by atoms with Gasteiger partial charge in [0.25, 0.3) is 0 Å². The first-order chi connectivity index (χ1) is 8.93. The molecule has 106 valence electrons. The lowest BCUT2D eigenvalue weighted by molar-refractivity contribution is -0.0997. The molecule has 1 saturated carbocycles. The predicted molar refractivity (Wildman–Crippen MR) is 80.7 cm³/mol. The molecule has 3 unspecified atom stereocenters. The van der Waals surface area contributed by atoms with Crippen LogP contribution >= 0.6 is 11.6 Å². The minimum Gasteiger partial charge on any atom is -0.381 e. The maximum absolute atomic E-state index is 5.90. The van der Waals surface area contributed by atoms with Crippen molar-refractivity contribution in [2.45, 2.75) is 51.8 Å². The summed E-state index contributed by atoms with van der Waals surface area (Å²) in [5, 5.41) is 4.52. The molecule has 1 fully saturated rings. The molecular formula is C16H24ClNO. The van der Waals surface area contributed by atoms with E-state index in [4.69, 9.17) is 16.3 Å². The number of rotatable bonds is 5. The van der Waals surface area contributed by atoms with E-state index in [0.29, 0.717) is 18.2 Å². The summed E-state index contributed by atoms with van der Waals surface area (Å²) in [7, 11) is 1.81. The topological polar surface area (TPSA) is 21.3 Å². The number of methoxy groups -OCH3 is 1. The molecule has 2 nitrogen and oxygen atoms in total. The van der Waals surface area contributed by atoms with Gasteiger partial charge in [-0.3, -0.25) is 0 Å². The van der Waals surface area contributed by atoms with Gasteiger partial charge in [-0.15, -0.1) is 0 Å².